The van der Waals surface area contributed by atoms with Crippen LogP contribution in [0.4, 0.5) is 0 Å². The molecule has 1 fully saturated rings. The quantitative estimate of drug-likeness (QED) is 0.430. The normalized spacial score (nSPS) is 21.7. The van der Waals surface area contributed by atoms with Gasteiger partial charge in [-0.15, -0.1) is 0 Å². The van der Waals surface area contributed by atoms with E-state index >= 15 is 0 Å². The highest BCUT2D eigenvalue weighted by atomic mass is 31.0. The van der Waals surface area contributed by atoms with Crippen molar-refractivity contribution in [1.82, 2.24) is 4.67 Å². The van der Waals surface area contributed by atoms with Gasteiger partial charge in [-0.05, 0) is 0 Å². The fourth-order valence-electron chi connectivity index (χ4n) is 0.795. The summed E-state index contributed by atoms with van der Waals surface area (Å²) in [5.41, 5.74) is 5.88. The van der Waals surface area contributed by atoms with Crippen molar-refractivity contribution in [3.63, 3.8) is 0 Å². The van der Waals surface area contributed by atoms with Crippen LogP contribution in [0.25, 0.3) is 0 Å². The number of nitrogens with two attached hydrogens (primary N) is 1. The lowest BCUT2D eigenvalue weighted by Crippen LogP contribution is -2.05. The van der Waals surface area contributed by atoms with Crippen molar-refractivity contribution in [2.45, 2.75) is 13.8 Å². The zero-order valence-corrected chi connectivity index (χ0v) is 8.16. The molecule has 0 aromatic heterocycles. The van der Waals surface area contributed by atoms with Gasteiger partial charge in [-0.3, -0.25) is 9.46 Å². The predicted molar refractivity (Wildman–Crippen MR) is 49.9 cm³/mol. The lowest BCUT2D eigenvalue weighted by molar-refractivity contribution is -0.113. The maximum atomic E-state index is 10.8. The van der Waals surface area contributed by atoms with Crippen LogP contribution in [0.5, 0.6) is 0 Å². The van der Waals surface area contributed by atoms with Crippen LogP contribution in [0.15, 0.2) is 11.8 Å². The number of hydrogen-bond acceptors (Lipinski definition) is 3. The average molecular weight is 174 g/mol. The molecule has 0 radical (unpaired) electrons. The second-order valence-electron chi connectivity index (χ2n) is 2.02. The smallest absolute Gasteiger partial charge is 0.175 e. The second-order valence-corrected chi connectivity index (χ2v) is 2.75. The third kappa shape index (κ3) is 3.00. The Morgan fingerprint density at radius 3 is 2.27 bits per heavy atom. The van der Waals surface area contributed by atoms with Crippen molar-refractivity contribution in [1.29, 1.82) is 0 Å². The van der Waals surface area contributed by atoms with Gasteiger partial charge in [-0.25, -0.2) is 0 Å². The molecule has 64 valence electrons. The number of nitrogens with zero attached hydrogens (tertiary/aromatic N) is 1. The second kappa shape index (κ2) is 5.28. The Morgan fingerprint density at radius 1 is 1.55 bits per heavy atom. The number of hydrogen-bond donors (Lipinski definition) is 1. The molecule has 1 saturated heterocycles. The lowest BCUT2D eigenvalue weighted by Gasteiger charge is -1.99. The van der Waals surface area contributed by atoms with Crippen LogP contribution in [0.3, 0.4) is 0 Å². The number of carbonyl (C=O) groups excluding carboxylic acids is 1. The van der Waals surface area contributed by atoms with Gasteiger partial charge in [0.2, 0.25) is 0 Å². The highest BCUT2D eigenvalue weighted by Crippen LogP contribution is 2.13. The Morgan fingerprint density at radius 2 is 2.09 bits per heavy atom. The number of rotatable bonds is 0. The zero-order valence-electron chi connectivity index (χ0n) is 7.00. The fourth-order valence-corrected chi connectivity index (χ4v) is 1.16. The molecule has 1 atom stereocenters. The molecule has 0 aromatic carbocycles. The summed E-state index contributed by atoms with van der Waals surface area (Å²) in [6.07, 6.45) is 1.38. The molecule has 1 unspecified atom stereocenters. The lowest BCUT2D eigenvalue weighted by atomic mass is 10.2. The Balaban J connectivity index is 0.000000461. The monoisotopic (exact) mass is 174 g/mol. The summed E-state index contributed by atoms with van der Waals surface area (Å²) < 4.78 is 1.85. The van der Waals surface area contributed by atoms with Crippen LogP contribution in [-0.4, -0.2) is 23.5 Å². The Kier molecular flexibility index (Phi) is 5.08. The van der Waals surface area contributed by atoms with E-state index in [1.165, 1.54) is 6.20 Å². The van der Waals surface area contributed by atoms with Crippen molar-refractivity contribution >= 4 is 15.2 Å². The Labute approximate surface area is 69.9 Å². The predicted octanol–water partition coefficient (Wildman–Crippen LogP) is 0.530. The fraction of sp³-hybridized carbons (Fsp3) is 0.571. The minimum atomic E-state index is 0.132. The van der Waals surface area contributed by atoms with Crippen LogP contribution in [0, 0.1) is 0 Å². The molecule has 0 amide bonds. The van der Waals surface area contributed by atoms with Gasteiger partial charge in [0.15, 0.2) is 5.78 Å². The zero-order chi connectivity index (χ0) is 8.85. The van der Waals surface area contributed by atoms with E-state index in [1.807, 2.05) is 18.5 Å². The highest BCUT2D eigenvalue weighted by Gasteiger charge is 2.20. The SMILES string of the molecule is CC.N/C=C1\CN(P)CC1=O. The van der Waals surface area contributed by atoms with E-state index in [0.29, 0.717) is 18.7 Å². The van der Waals surface area contributed by atoms with Crippen molar-refractivity contribution in [2.24, 2.45) is 5.73 Å². The highest BCUT2D eigenvalue weighted by molar-refractivity contribution is 7.13. The van der Waals surface area contributed by atoms with E-state index in [9.17, 15) is 4.79 Å². The summed E-state index contributed by atoms with van der Waals surface area (Å²) in [6.45, 7) is 5.15. The molecule has 11 heavy (non-hydrogen) atoms. The topological polar surface area (TPSA) is 46.3 Å². The standard InChI is InChI=1S/C5H9N2OP.C2H6/c6-1-4-2-7(9)3-5(4)8;1-2/h1H,2-3,6,9H2;1-2H3/b4-1+;. The van der Waals surface area contributed by atoms with Crippen molar-refractivity contribution in [3.8, 4) is 0 Å². The molecule has 1 aliphatic rings. The van der Waals surface area contributed by atoms with Crippen LogP contribution in [0.1, 0.15) is 13.8 Å². The van der Waals surface area contributed by atoms with Gasteiger partial charge in [0.1, 0.15) is 0 Å². The maximum absolute atomic E-state index is 10.8. The largest absolute Gasteiger partial charge is 0.404 e. The molecule has 4 heteroatoms. The van der Waals surface area contributed by atoms with Crippen LogP contribution < -0.4 is 5.73 Å². The van der Waals surface area contributed by atoms with Crippen molar-refractivity contribution in [2.75, 3.05) is 13.1 Å². The van der Waals surface area contributed by atoms with Crippen molar-refractivity contribution in [3.05, 3.63) is 11.8 Å². The van der Waals surface area contributed by atoms with Crippen molar-refractivity contribution < 1.29 is 4.79 Å². The summed E-state index contributed by atoms with van der Waals surface area (Å²) in [5, 5.41) is 0. The number of carbonyl (C=O) groups is 1. The van der Waals surface area contributed by atoms with Crippen LogP contribution >= 0.6 is 9.39 Å². The summed E-state index contributed by atoms with van der Waals surface area (Å²) >= 11 is 0. The number of Topliss-reactive ketones (excluding diaryl/α,β-unsaturated/α-hetero) is 1. The van der Waals surface area contributed by atoms with Gasteiger partial charge in [-0.1, -0.05) is 23.2 Å². The molecule has 1 rings (SSSR count). The van der Waals surface area contributed by atoms with Gasteiger partial charge < -0.3 is 5.73 Å². The first-order chi connectivity index (χ1) is 5.24. The third-order valence-corrected chi connectivity index (χ3v) is 1.64. The van der Waals surface area contributed by atoms with Gasteiger partial charge in [0.05, 0.1) is 6.54 Å². The van der Waals surface area contributed by atoms with Crippen LogP contribution in [0.2, 0.25) is 0 Å². The van der Waals surface area contributed by atoms with E-state index in [1.54, 1.807) is 0 Å². The molecule has 1 aliphatic heterocycles. The molecular weight excluding hydrogens is 159 g/mol. The average Bonchev–Trinajstić information content (AvgIpc) is 2.33. The summed E-state index contributed by atoms with van der Waals surface area (Å²) in [6, 6.07) is 0. The summed E-state index contributed by atoms with van der Waals surface area (Å²) in [5.74, 6) is 0.132. The van der Waals surface area contributed by atoms with Gasteiger partial charge in [0.25, 0.3) is 0 Å². The van der Waals surface area contributed by atoms with E-state index in [0.717, 1.165) is 0 Å². The molecule has 1 heterocycles. The minimum Gasteiger partial charge on any atom is -0.404 e. The first kappa shape index (κ1) is 10.6. The van der Waals surface area contributed by atoms with Crippen LogP contribution in [-0.2, 0) is 4.79 Å². The molecule has 0 bridgehead atoms. The molecule has 0 spiro atoms. The molecular formula is C7H15N2OP. The molecule has 0 aliphatic carbocycles. The first-order valence-electron chi connectivity index (χ1n) is 3.67. The summed E-state index contributed by atoms with van der Waals surface area (Å²) in [4.78, 5) is 10.8. The Bertz CT molecular complexity index is 168. The molecule has 3 nitrogen and oxygen atoms in total. The van der Waals surface area contributed by atoms with Gasteiger partial charge in [-0.2, -0.15) is 0 Å². The van der Waals surface area contributed by atoms with Gasteiger partial charge >= 0.3 is 0 Å². The summed E-state index contributed by atoms with van der Waals surface area (Å²) in [7, 11) is 2.47. The minimum absolute atomic E-state index is 0.132. The molecule has 0 saturated carbocycles. The Hall–Kier alpha value is -0.400. The number of ketones is 1. The van der Waals surface area contributed by atoms with E-state index < -0.39 is 0 Å². The first-order valence-corrected chi connectivity index (χ1v) is 4.19. The van der Waals surface area contributed by atoms with Gasteiger partial charge in [0, 0.05) is 18.3 Å². The third-order valence-electron chi connectivity index (χ3n) is 1.28. The molecule has 0 aromatic rings. The molecule has 2 N–H and O–H groups in total. The maximum Gasteiger partial charge on any atom is 0.175 e. The van der Waals surface area contributed by atoms with E-state index in [4.69, 9.17) is 5.73 Å². The van der Waals surface area contributed by atoms with E-state index in [-0.39, 0.29) is 5.78 Å². The van der Waals surface area contributed by atoms with E-state index in [2.05, 4.69) is 9.39 Å².